The maximum atomic E-state index is 12.4. The standard InChI is InChI=1S/C18H32N2O6PS3Si/c1-11-9-20(17(23)19-15(11)22)16-13(21)14(26-31(5,6)18(2,3)4)12(25-16)10-24-27(28)29-7-8-30-27/h9,12-14,16,21,28H,7-8,10H2,1-6H3,(H,19,22,23)/t12-,13-,14-,16-/m1/s1. The number of nitrogens with zero attached hydrogens (tertiary/aromatic N) is 1. The van der Waals surface area contributed by atoms with Gasteiger partial charge in [-0.15, -0.1) is 12.2 Å². The molecule has 1 radical (unpaired) electrons. The Bertz CT molecular complexity index is 915. The highest BCUT2D eigenvalue weighted by Crippen LogP contribution is 2.87. The molecule has 2 saturated heterocycles. The van der Waals surface area contributed by atoms with E-state index in [4.69, 9.17) is 25.9 Å². The van der Waals surface area contributed by atoms with E-state index in [1.165, 1.54) is 10.8 Å². The number of aliphatic hydroxyl groups is 1. The molecule has 0 unspecified atom stereocenters. The normalized spacial score (nSPS) is 28.9. The van der Waals surface area contributed by atoms with Crippen LogP contribution in [0.3, 0.4) is 0 Å². The number of H-pyrrole nitrogens is 1. The average molecular weight is 528 g/mol. The third-order valence-electron chi connectivity index (χ3n) is 5.96. The molecule has 2 aliphatic rings. The topological polar surface area (TPSA) is 103 Å². The molecule has 0 aromatic carbocycles. The van der Waals surface area contributed by atoms with Gasteiger partial charge < -0.3 is 18.8 Å². The summed E-state index contributed by atoms with van der Waals surface area (Å²) in [6.07, 6.45) is -1.90. The molecule has 1 aromatic heterocycles. The number of hydrogen-bond acceptors (Lipinski definition) is 9. The van der Waals surface area contributed by atoms with Gasteiger partial charge in [0.25, 0.3) is 5.56 Å². The summed E-state index contributed by atoms with van der Waals surface area (Å²) in [6, 6.07) is 0. The maximum Gasteiger partial charge on any atom is 0.330 e. The van der Waals surface area contributed by atoms with Crippen LogP contribution in [0.1, 0.15) is 32.6 Å². The number of aromatic amines is 1. The molecule has 3 rings (SSSR count). The fourth-order valence-corrected chi connectivity index (χ4v) is 13.5. The van der Waals surface area contributed by atoms with Crippen LogP contribution >= 0.6 is 40.1 Å². The first kappa shape index (κ1) is 25.8. The first-order chi connectivity index (χ1) is 14.2. The Morgan fingerprint density at radius 3 is 2.55 bits per heavy atom. The largest absolute Gasteiger partial charge is 0.408 e. The lowest BCUT2D eigenvalue weighted by molar-refractivity contribution is -0.0500. The van der Waals surface area contributed by atoms with Crippen molar-refractivity contribution in [3.8, 4) is 0 Å². The van der Waals surface area contributed by atoms with Gasteiger partial charge in [-0.3, -0.25) is 14.3 Å². The predicted octanol–water partition coefficient (Wildman–Crippen LogP) is 3.60. The average Bonchev–Trinajstić information content (AvgIpc) is 3.21. The summed E-state index contributed by atoms with van der Waals surface area (Å²) >= 11 is 8.18. The monoisotopic (exact) mass is 527 g/mol. The number of aromatic nitrogens is 2. The van der Waals surface area contributed by atoms with E-state index in [1.807, 2.05) is 0 Å². The van der Waals surface area contributed by atoms with Crippen molar-refractivity contribution in [2.45, 2.75) is 70.4 Å². The molecular formula is C18H32N2O6PS3Si. The molecule has 1 aromatic rings. The van der Waals surface area contributed by atoms with Gasteiger partial charge in [0.05, 0.1) is 6.61 Å². The zero-order valence-corrected chi connectivity index (χ0v) is 23.1. The number of hydrogen-bond donors (Lipinski definition) is 3. The molecule has 13 heteroatoms. The van der Waals surface area contributed by atoms with Crippen LogP contribution in [-0.4, -0.2) is 59.4 Å². The van der Waals surface area contributed by atoms with Gasteiger partial charge >= 0.3 is 5.69 Å². The van der Waals surface area contributed by atoms with Crippen LogP contribution in [-0.2, 0) is 13.7 Å². The zero-order chi connectivity index (χ0) is 23.2. The van der Waals surface area contributed by atoms with E-state index in [0.29, 0.717) is 5.56 Å². The van der Waals surface area contributed by atoms with E-state index >= 15 is 0 Å². The van der Waals surface area contributed by atoms with Crippen molar-refractivity contribution in [3.05, 3.63) is 32.6 Å². The molecule has 2 N–H and O–H groups in total. The molecule has 4 atom stereocenters. The molecule has 0 saturated carbocycles. The Labute approximate surface area is 197 Å². The van der Waals surface area contributed by atoms with Crippen molar-refractivity contribution in [2.75, 3.05) is 18.1 Å². The SMILES string of the molecule is Cc1cn([C@@H]2O[C@H](CO[P]3(S)SCCS3)[C@@H](O[Si](C)(C)C(C)(C)C)[C@H]2O)c(=O)[nH]c1=O. The maximum absolute atomic E-state index is 12.4. The van der Waals surface area contributed by atoms with Crippen molar-refractivity contribution in [1.29, 1.82) is 0 Å². The van der Waals surface area contributed by atoms with Gasteiger partial charge in [0, 0.05) is 23.3 Å². The lowest BCUT2D eigenvalue weighted by Crippen LogP contribution is -2.50. The highest BCUT2D eigenvalue weighted by Gasteiger charge is 2.51. The van der Waals surface area contributed by atoms with Crippen LogP contribution < -0.4 is 11.2 Å². The van der Waals surface area contributed by atoms with Crippen LogP contribution in [0, 0.1) is 6.92 Å². The third kappa shape index (κ3) is 5.66. The number of ether oxygens (including phenoxy) is 1. The van der Waals surface area contributed by atoms with Gasteiger partial charge in [-0.2, -0.15) is 0 Å². The molecule has 0 amide bonds. The van der Waals surface area contributed by atoms with E-state index in [-0.39, 0.29) is 11.6 Å². The quantitative estimate of drug-likeness (QED) is 0.293. The van der Waals surface area contributed by atoms with Crippen LogP contribution in [0.5, 0.6) is 0 Å². The van der Waals surface area contributed by atoms with Gasteiger partial charge in [-0.1, -0.05) is 43.5 Å². The number of rotatable bonds is 6. The minimum Gasteiger partial charge on any atom is -0.408 e. The second kappa shape index (κ2) is 9.46. The van der Waals surface area contributed by atoms with Gasteiger partial charge in [0.1, 0.15) is 23.4 Å². The van der Waals surface area contributed by atoms with E-state index in [9.17, 15) is 14.7 Å². The lowest BCUT2D eigenvalue weighted by atomic mass is 10.1. The molecule has 0 aliphatic carbocycles. The van der Waals surface area contributed by atoms with E-state index in [0.717, 1.165) is 11.5 Å². The number of thiol groups is 1. The summed E-state index contributed by atoms with van der Waals surface area (Å²) in [5.41, 5.74) is -0.733. The Balaban J connectivity index is 1.89. The molecular weight excluding hydrogens is 495 g/mol. The summed E-state index contributed by atoms with van der Waals surface area (Å²) in [6.45, 7) is 12.4. The minimum absolute atomic E-state index is 0.0729. The third-order valence-corrected chi connectivity index (χ3v) is 20.6. The Hall–Kier alpha value is 0.217. The van der Waals surface area contributed by atoms with Crippen molar-refractivity contribution in [3.63, 3.8) is 0 Å². The van der Waals surface area contributed by atoms with Crippen LogP contribution in [0.15, 0.2) is 15.8 Å². The summed E-state index contributed by atoms with van der Waals surface area (Å²) < 4.78 is 20.1. The number of aryl methyl sites for hydroxylation is 1. The van der Waals surface area contributed by atoms with Crippen molar-refractivity contribution >= 4 is 48.4 Å². The van der Waals surface area contributed by atoms with Crippen molar-refractivity contribution in [2.24, 2.45) is 0 Å². The summed E-state index contributed by atoms with van der Waals surface area (Å²) in [5, 5.41) is 9.20. The van der Waals surface area contributed by atoms with Gasteiger partial charge in [-0.25, -0.2) is 4.79 Å². The molecule has 3 heterocycles. The first-order valence-electron chi connectivity index (χ1n) is 10.1. The van der Waals surface area contributed by atoms with E-state index in [2.05, 4.69) is 38.8 Å². The fourth-order valence-electron chi connectivity index (χ4n) is 3.11. The first-order valence-corrected chi connectivity index (χ1v) is 19.1. The van der Waals surface area contributed by atoms with E-state index < -0.39 is 49.2 Å². The summed E-state index contributed by atoms with van der Waals surface area (Å²) in [5.74, 6) is 1.99. The summed E-state index contributed by atoms with van der Waals surface area (Å²) in [4.78, 5) is 26.5. The molecule has 2 fully saturated rings. The van der Waals surface area contributed by atoms with Crippen molar-refractivity contribution < 1.29 is 18.8 Å². The Morgan fingerprint density at radius 2 is 1.97 bits per heavy atom. The fraction of sp³-hybridized carbons (Fsp3) is 0.778. The molecule has 0 bridgehead atoms. The molecule has 8 nitrogen and oxygen atoms in total. The molecule has 177 valence electrons. The molecule has 31 heavy (non-hydrogen) atoms. The van der Waals surface area contributed by atoms with Gasteiger partial charge in [-0.05, 0) is 25.1 Å². The minimum atomic E-state index is -2.26. The highest BCUT2D eigenvalue weighted by molar-refractivity contribution is 9.15. The van der Waals surface area contributed by atoms with Gasteiger partial charge in [0.2, 0.25) is 0 Å². The second-order valence-electron chi connectivity index (χ2n) is 9.31. The Morgan fingerprint density at radius 1 is 1.35 bits per heavy atom. The molecule has 0 spiro atoms. The zero-order valence-electron chi connectivity index (χ0n) is 18.7. The smallest absolute Gasteiger partial charge is 0.330 e. The second-order valence-corrected chi connectivity index (χ2v) is 25.2. The lowest BCUT2D eigenvalue weighted by Gasteiger charge is -2.40. The van der Waals surface area contributed by atoms with Crippen molar-refractivity contribution in [1.82, 2.24) is 9.55 Å². The Kier molecular flexibility index (Phi) is 7.88. The van der Waals surface area contributed by atoms with Crippen LogP contribution in [0.25, 0.3) is 0 Å². The molecule has 2 aliphatic heterocycles. The number of aliphatic hydroxyl groups excluding tert-OH is 1. The van der Waals surface area contributed by atoms with Crippen LogP contribution in [0.2, 0.25) is 18.1 Å². The van der Waals surface area contributed by atoms with E-state index in [1.54, 1.807) is 29.7 Å². The number of nitrogens with one attached hydrogen (secondary N) is 1. The summed E-state index contributed by atoms with van der Waals surface area (Å²) in [7, 11) is -2.26. The van der Waals surface area contributed by atoms with Crippen LogP contribution in [0.4, 0.5) is 0 Å². The predicted molar refractivity (Wildman–Crippen MR) is 135 cm³/mol. The van der Waals surface area contributed by atoms with Gasteiger partial charge in [0.15, 0.2) is 14.5 Å². The highest BCUT2D eigenvalue weighted by atomic mass is 33.4.